The number of hydrogen-bond donors (Lipinski definition) is 0. The molecule has 0 heterocycles. The van der Waals surface area contributed by atoms with Crippen molar-refractivity contribution in [3.63, 3.8) is 0 Å². The molecule has 36 heavy (non-hydrogen) atoms. The maximum atomic E-state index is 12.4. The van der Waals surface area contributed by atoms with Crippen molar-refractivity contribution in [3.8, 4) is 0 Å². The van der Waals surface area contributed by atoms with Gasteiger partial charge in [0.25, 0.3) is 0 Å². The van der Waals surface area contributed by atoms with Crippen LogP contribution in [0.15, 0.2) is 12.2 Å². The van der Waals surface area contributed by atoms with Gasteiger partial charge in [0.05, 0.1) is 5.41 Å². The Labute approximate surface area is 213 Å². The fourth-order valence-electron chi connectivity index (χ4n) is 8.81. The van der Waals surface area contributed by atoms with Crippen LogP contribution in [0.25, 0.3) is 0 Å². The lowest BCUT2D eigenvalue weighted by Gasteiger charge is -2.67. The molecular formula is C28H40O8. The number of fused-ring (bicyclic) bond motifs is 3. The molecule has 0 aromatic rings. The average Bonchev–Trinajstić information content (AvgIpc) is 2.97. The quantitative estimate of drug-likeness (QED) is 0.312. The van der Waals surface area contributed by atoms with Crippen LogP contribution in [0.4, 0.5) is 0 Å². The van der Waals surface area contributed by atoms with E-state index in [-0.39, 0.29) is 47.7 Å². The largest absolute Gasteiger partial charge is 0.465 e. The fraction of sp³-hybridized carbons (Fsp3) is 0.786. The normalized spacial score (nSPS) is 43.0. The van der Waals surface area contributed by atoms with E-state index in [2.05, 4.69) is 13.5 Å². The van der Waals surface area contributed by atoms with Crippen LogP contribution < -0.4 is 0 Å². The van der Waals surface area contributed by atoms with E-state index < -0.39 is 35.1 Å². The molecule has 0 N–H and O–H groups in total. The lowest BCUT2D eigenvalue weighted by molar-refractivity contribution is -0.256. The molecule has 1 spiro atoms. The predicted molar refractivity (Wildman–Crippen MR) is 129 cm³/mol. The van der Waals surface area contributed by atoms with E-state index in [1.54, 1.807) is 0 Å². The monoisotopic (exact) mass is 504 g/mol. The molecule has 0 saturated heterocycles. The van der Waals surface area contributed by atoms with Gasteiger partial charge in [-0.3, -0.25) is 19.2 Å². The van der Waals surface area contributed by atoms with Crippen molar-refractivity contribution in [2.45, 2.75) is 98.4 Å². The smallest absolute Gasteiger partial charge is 0.303 e. The molecule has 4 aliphatic carbocycles. The van der Waals surface area contributed by atoms with Crippen molar-refractivity contribution in [1.29, 1.82) is 0 Å². The maximum absolute atomic E-state index is 12.4. The van der Waals surface area contributed by atoms with Crippen LogP contribution in [0, 0.1) is 34.0 Å². The number of carbonyl (C=O) groups excluding carboxylic acids is 4. The van der Waals surface area contributed by atoms with E-state index in [0.29, 0.717) is 12.8 Å². The van der Waals surface area contributed by atoms with Gasteiger partial charge in [-0.25, -0.2) is 0 Å². The van der Waals surface area contributed by atoms with Gasteiger partial charge >= 0.3 is 23.9 Å². The molecule has 2 bridgehead atoms. The van der Waals surface area contributed by atoms with E-state index in [4.69, 9.17) is 18.9 Å². The maximum Gasteiger partial charge on any atom is 0.303 e. The van der Waals surface area contributed by atoms with Crippen LogP contribution in [-0.2, 0) is 38.1 Å². The van der Waals surface area contributed by atoms with Crippen LogP contribution in [0.5, 0.6) is 0 Å². The Kier molecular flexibility index (Phi) is 6.80. The minimum absolute atomic E-state index is 0.0641. The molecule has 0 aromatic heterocycles. The third-order valence-electron chi connectivity index (χ3n) is 10.0. The molecule has 0 aromatic carbocycles. The first-order chi connectivity index (χ1) is 16.8. The van der Waals surface area contributed by atoms with Crippen LogP contribution in [-0.4, -0.2) is 48.8 Å². The van der Waals surface area contributed by atoms with Gasteiger partial charge in [0.2, 0.25) is 0 Å². The summed E-state index contributed by atoms with van der Waals surface area (Å²) in [5.41, 5.74) is -0.550. The highest BCUT2D eigenvalue weighted by molar-refractivity contribution is 5.68. The number of carbonyl (C=O) groups is 4. The van der Waals surface area contributed by atoms with E-state index in [9.17, 15) is 19.2 Å². The predicted octanol–water partition coefficient (Wildman–Crippen LogP) is 4.14. The van der Waals surface area contributed by atoms with Crippen molar-refractivity contribution < 1.29 is 38.1 Å². The highest BCUT2D eigenvalue weighted by Crippen LogP contribution is 2.73. The summed E-state index contributed by atoms with van der Waals surface area (Å²) >= 11 is 0. The van der Waals surface area contributed by atoms with Gasteiger partial charge in [-0.2, -0.15) is 0 Å². The topological polar surface area (TPSA) is 105 Å². The zero-order valence-electron chi connectivity index (χ0n) is 22.4. The van der Waals surface area contributed by atoms with Gasteiger partial charge in [-0.05, 0) is 67.3 Å². The highest BCUT2D eigenvalue weighted by atomic mass is 16.6. The molecule has 0 radical (unpaired) electrons. The third kappa shape index (κ3) is 4.04. The van der Waals surface area contributed by atoms with Crippen LogP contribution in [0.1, 0.15) is 80.1 Å². The Balaban J connectivity index is 1.84. The van der Waals surface area contributed by atoms with E-state index >= 15 is 0 Å². The SMILES string of the molecule is C=C1[C@@H]2CC[C@H]3[C@]4(C)CC[C@@H](OC(C)=O)[C@](C)(COC(C)=O)[C@H]4C[C@H](OC(C)=O)[C@]3(C2)[C@H]1OC(C)=O. The Morgan fingerprint density at radius 1 is 0.833 bits per heavy atom. The van der Waals surface area contributed by atoms with Crippen molar-refractivity contribution in [2.75, 3.05) is 6.61 Å². The Morgan fingerprint density at radius 3 is 2.03 bits per heavy atom. The summed E-state index contributed by atoms with van der Waals surface area (Å²) in [6, 6.07) is 0. The zero-order valence-corrected chi connectivity index (χ0v) is 22.4. The van der Waals surface area contributed by atoms with Crippen molar-refractivity contribution in [1.82, 2.24) is 0 Å². The first kappa shape index (κ1) is 26.7. The minimum Gasteiger partial charge on any atom is -0.465 e. The number of esters is 4. The molecule has 8 heteroatoms. The highest BCUT2D eigenvalue weighted by Gasteiger charge is 2.73. The first-order valence-electron chi connectivity index (χ1n) is 13.1. The Hall–Kier alpha value is -2.38. The number of ether oxygens (including phenoxy) is 4. The second kappa shape index (κ2) is 9.18. The number of hydrogen-bond acceptors (Lipinski definition) is 8. The summed E-state index contributed by atoms with van der Waals surface area (Å²) in [5, 5.41) is 0. The molecule has 200 valence electrons. The second-order valence-electron chi connectivity index (χ2n) is 12.0. The summed E-state index contributed by atoms with van der Waals surface area (Å²) < 4.78 is 23.4. The fourth-order valence-corrected chi connectivity index (χ4v) is 8.81. The van der Waals surface area contributed by atoms with Gasteiger partial charge in [0.1, 0.15) is 24.9 Å². The molecule has 9 atom stereocenters. The summed E-state index contributed by atoms with van der Waals surface area (Å²) in [6.07, 6.45) is 3.09. The lowest BCUT2D eigenvalue weighted by Crippen LogP contribution is -2.68. The molecule has 4 saturated carbocycles. The van der Waals surface area contributed by atoms with Crippen molar-refractivity contribution >= 4 is 23.9 Å². The molecule has 8 nitrogen and oxygen atoms in total. The number of rotatable bonds is 5. The van der Waals surface area contributed by atoms with E-state index in [1.807, 2.05) is 6.92 Å². The Morgan fingerprint density at radius 2 is 1.44 bits per heavy atom. The summed E-state index contributed by atoms with van der Waals surface area (Å²) in [4.78, 5) is 48.5. The van der Waals surface area contributed by atoms with Crippen LogP contribution >= 0.6 is 0 Å². The third-order valence-corrected chi connectivity index (χ3v) is 10.0. The standard InChI is InChI=1S/C28H40O8/c1-15-20-8-9-21-26(6)11-10-23(34-17(3)30)27(7,14-33-16(2)29)22(26)12-24(35-18(4)31)28(21,13-20)25(15)36-19(5)32/h20-25H,1,8-14H2,2-7H3/t20-,21+,22+,23-,24+,25+,26+,27-,28-/m1/s1. The summed E-state index contributed by atoms with van der Waals surface area (Å²) in [5.74, 6) is -1.27. The summed E-state index contributed by atoms with van der Waals surface area (Å²) in [7, 11) is 0. The molecule has 4 rings (SSSR count). The van der Waals surface area contributed by atoms with E-state index in [1.165, 1.54) is 27.7 Å². The van der Waals surface area contributed by atoms with Crippen molar-refractivity contribution in [3.05, 3.63) is 12.2 Å². The molecule has 0 unspecified atom stereocenters. The van der Waals surface area contributed by atoms with Crippen molar-refractivity contribution in [2.24, 2.45) is 34.0 Å². The molecule has 0 aliphatic heterocycles. The molecule has 4 fully saturated rings. The molecular weight excluding hydrogens is 464 g/mol. The average molecular weight is 505 g/mol. The van der Waals surface area contributed by atoms with Gasteiger partial charge < -0.3 is 18.9 Å². The minimum atomic E-state index is -0.673. The lowest BCUT2D eigenvalue weighted by atomic mass is 9.39. The summed E-state index contributed by atoms with van der Waals surface area (Å²) in [6.45, 7) is 14.3. The van der Waals surface area contributed by atoms with Gasteiger partial charge in [-0.15, -0.1) is 0 Å². The van der Waals surface area contributed by atoms with Gasteiger partial charge in [-0.1, -0.05) is 20.4 Å². The molecule has 4 aliphatic rings. The molecule has 0 amide bonds. The second-order valence-corrected chi connectivity index (χ2v) is 12.0. The van der Waals surface area contributed by atoms with Gasteiger partial charge in [0, 0.05) is 33.1 Å². The van der Waals surface area contributed by atoms with E-state index in [0.717, 1.165) is 31.3 Å². The Bertz CT molecular complexity index is 973. The first-order valence-corrected chi connectivity index (χ1v) is 13.1. The van der Waals surface area contributed by atoms with Gasteiger partial charge in [0.15, 0.2) is 0 Å². The zero-order chi connectivity index (χ0) is 26.6. The van der Waals surface area contributed by atoms with Crippen LogP contribution in [0.3, 0.4) is 0 Å². The van der Waals surface area contributed by atoms with Crippen LogP contribution in [0.2, 0.25) is 0 Å².